The molecule has 0 radical (unpaired) electrons. The summed E-state index contributed by atoms with van der Waals surface area (Å²) in [5.41, 5.74) is 2.19. The maximum absolute atomic E-state index is 14.7. The van der Waals surface area contributed by atoms with Crippen LogP contribution in [0.2, 0.25) is 0 Å². The first-order valence-corrected chi connectivity index (χ1v) is 14.1. The molecule has 2 aromatic carbocycles. The number of fused-ring (bicyclic) bond motifs is 1. The molecule has 8 nitrogen and oxygen atoms in total. The van der Waals surface area contributed by atoms with Crippen molar-refractivity contribution in [2.75, 3.05) is 30.8 Å². The van der Waals surface area contributed by atoms with E-state index in [1.54, 1.807) is 18.2 Å². The molecular formula is C28H27F3N6O2S. The molecule has 1 amide bonds. The van der Waals surface area contributed by atoms with Gasteiger partial charge in [0.25, 0.3) is 5.91 Å². The molecule has 12 heteroatoms. The van der Waals surface area contributed by atoms with Gasteiger partial charge in [-0.25, -0.2) is 22.7 Å². The Morgan fingerprint density at radius 2 is 1.95 bits per heavy atom. The molecule has 0 bridgehead atoms. The van der Waals surface area contributed by atoms with E-state index in [2.05, 4.69) is 20.3 Å². The van der Waals surface area contributed by atoms with Crippen molar-refractivity contribution in [3.63, 3.8) is 0 Å². The van der Waals surface area contributed by atoms with Crippen LogP contribution in [0.3, 0.4) is 0 Å². The standard InChI is InChI=1S/C28H27F3N6O2S/c1-40-21-8-17(7-18(29)9-21)23-10-19(30)13-36(23)27-5-4-26-32-11-24(37(26)34-27)28(39)33-20-14-35(15-20)12-16-2-3-22(31)25(38)6-16/h2-9,11,19-20,23,38H,10,12-15H2,1H3,(H,33,39)/t19-,23+/m0/s1. The van der Waals surface area contributed by atoms with Gasteiger partial charge in [0.2, 0.25) is 0 Å². The number of aromatic hydroxyl groups is 1. The third-order valence-electron chi connectivity index (χ3n) is 7.35. The number of anilines is 1. The van der Waals surface area contributed by atoms with Crippen molar-refractivity contribution in [2.45, 2.75) is 36.1 Å². The van der Waals surface area contributed by atoms with Gasteiger partial charge >= 0.3 is 0 Å². The third-order valence-corrected chi connectivity index (χ3v) is 8.06. The summed E-state index contributed by atoms with van der Waals surface area (Å²) in [5.74, 6) is -1.28. The van der Waals surface area contributed by atoms with E-state index in [0.29, 0.717) is 36.7 Å². The van der Waals surface area contributed by atoms with E-state index in [4.69, 9.17) is 0 Å². The van der Waals surface area contributed by atoms with Gasteiger partial charge in [-0.1, -0.05) is 6.07 Å². The number of thioether (sulfide) groups is 1. The summed E-state index contributed by atoms with van der Waals surface area (Å²) in [5, 5.41) is 17.2. The molecule has 6 rings (SSSR count). The number of benzene rings is 2. The molecule has 2 aliphatic heterocycles. The molecule has 0 aliphatic carbocycles. The van der Waals surface area contributed by atoms with E-state index in [-0.39, 0.29) is 42.2 Å². The zero-order valence-electron chi connectivity index (χ0n) is 21.6. The zero-order chi connectivity index (χ0) is 28.0. The Morgan fingerprint density at radius 1 is 1.12 bits per heavy atom. The van der Waals surface area contributed by atoms with Crippen LogP contribution in [0.4, 0.5) is 19.0 Å². The number of nitrogens with zero attached hydrogens (tertiary/aromatic N) is 5. The highest BCUT2D eigenvalue weighted by Crippen LogP contribution is 2.38. The molecule has 2 aromatic heterocycles. The lowest BCUT2D eigenvalue weighted by molar-refractivity contribution is 0.0788. The first-order valence-electron chi connectivity index (χ1n) is 12.9. The zero-order valence-corrected chi connectivity index (χ0v) is 22.4. The number of rotatable bonds is 7. The number of phenolic OH excluding ortho intramolecular Hbond substituents is 1. The fourth-order valence-corrected chi connectivity index (χ4v) is 5.87. The average Bonchev–Trinajstić information content (AvgIpc) is 3.52. The van der Waals surface area contributed by atoms with E-state index >= 15 is 0 Å². The Labute approximate surface area is 232 Å². The summed E-state index contributed by atoms with van der Waals surface area (Å²) >= 11 is 1.42. The molecule has 2 atom stereocenters. The van der Waals surface area contributed by atoms with Crippen LogP contribution in [0.1, 0.15) is 34.1 Å². The van der Waals surface area contributed by atoms with Crippen LogP contribution >= 0.6 is 11.8 Å². The lowest BCUT2D eigenvalue weighted by atomic mass is 10.0. The molecule has 0 saturated carbocycles. The van der Waals surface area contributed by atoms with Gasteiger partial charge in [0.05, 0.1) is 24.8 Å². The summed E-state index contributed by atoms with van der Waals surface area (Å²) in [6.07, 6.45) is 2.43. The van der Waals surface area contributed by atoms with Gasteiger partial charge in [-0.2, -0.15) is 0 Å². The first kappa shape index (κ1) is 26.5. The lowest BCUT2D eigenvalue weighted by Gasteiger charge is -2.39. The molecule has 40 heavy (non-hydrogen) atoms. The number of imidazole rings is 1. The minimum absolute atomic E-state index is 0.0934. The van der Waals surface area contributed by atoms with E-state index in [0.717, 1.165) is 10.5 Å². The second-order valence-electron chi connectivity index (χ2n) is 10.2. The number of likely N-dealkylation sites (tertiary alicyclic amines) is 1. The fraction of sp³-hybridized carbons (Fsp3) is 0.321. The molecule has 4 aromatic rings. The van der Waals surface area contributed by atoms with Crippen LogP contribution in [-0.4, -0.2) is 68.6 Å². The van der Waals surface area contributed by atoms with Crippen LogP contribution in [0.15, 0.2) is 59.6 Å². The molecule has 208 valence electrons. The smallest absolute Gasteiger partial charge is 0.271 e. The Hall–Kier alpha value is -3.77. The summed E-state index contributed by atoms with van der Waals surface area (Å²) in [6, 6.07) is 12.0. The largest absolute Gasteiger partial charge is 0.505 e. The van der Waals surface area contributed by atoms with Gasteiger partial charge in [0.1, 0.15) is 17.8 Å². The number of carbonyl (C=O) groups is 1. The molecular weight excluding hydrogens is 541 g/mol. The highest BCUT2D eigenvalue weighted by atomic mass is 32.2. The van der Waals surface area contributed by atoms with Crippen molar-refractivity contribution in [1.29, 1.82) is 0 Å². The third kappa shape index (κ3) is 5.20. The van der Waals surface area contributed by atoms with Crippen molar-refractivity contribution in [1.82, 2.24) is 24.8 Å². The molecule has 0 unspecified atom stereocenters. The van der Waals surface area contributed by atoms with Crippen molar-refractivity contribution >= 4 is 29.1 Å². The Bertz CT molecular complexity index is 1580. The van der Waals surface area contributed by atoms with E-state index in [1.165, 1.54) is 46.7 Å². The molecule has 4 heterocycles. The number of hydrogen-bond acceptors (Lipinski definition) is 7. The van der Waals surface area contributed by atoms with E-state index in [9.17, 15) is 23.1 Å². The van der Waals surface area contributed by atoms with Crippen LogP contribution in [0, 0.1) is 11.6 Å². The number of carbonyl (C=O) groups excluding carboxylic acids is 1. The number of hydrogen-bond donors (Lipinski definition) is 2. The van der Waals surface area contributed by atoms with Crippen molar-refractivity contribution in [2.24, 2.45) is 0 Å². The van der Waals surface area contributed by atoms with Crippen molar-refractivity contribution < 1.29 is 23.1 Å². The second kappa shape index (κ2) is 10.7. The van der Waals surface area contributed by atoms with Gasteiger partial charge < -0.3 is 15.3 Å². The first-order chi connectivity index (χ1) is 19.3. The van der Waals surface area contributed by atoms with Crippen LogP contribution in [0.25, 0.3) is 5.65 Å². The number of aromatic nitrogens is 3. The summed E-state index contributed by atoms with van der Waals surface area (Å²) in [7, 11) is 0. The number of halogens is 3. The van der Waals surface area contributed by atoms with Crippen molar-refractivity contribution in [3.05, 3.63) is 83.2 Å². The average molecular weight is 569 g/mol. The fourth-order valence-electron chi connectivity index (χ4n) is 5.38. The van der Waals surface area contributed by atoms with Gasteiger partial charge in [-0.05, 0) is 59.8 Å². The summed E-state index contributed by atoms with van der Waals surface area (Å²) in [4.78, 5) is 22.1. The van der Waals surface area contributed by atoms with Crippen LogP contribution in [0.5, 0.6) is 5.75 Å². The Balaban J connectivity index is 1.16. The lowest BCUT2D eigenvalue weighted by Crippen LogP contribution is -2.58. The van der Waals surface area contributed by atoms with Gasteiger partial charge in [-0.3, -0.25) is 9.69 Å². The van der Waals surface area contributed by atoms with Crippen molar-refractivity contribution in [3.8, 4) is 5.75 Å². The normalized spacial score (nSPS) is 19.8. The highest BCUT2D eigenvalue weighted by molar-refractivity contribution is 7.98. The summed E-state index contributed by atoms with van der Waals surface area (Å²) in [6.45, 7) is 1.82. The van der Waals surface area contributed by atoms with Gasteiger partial charge in [0.15, 0.2) is 22.9 Å². The molecule has 0 spiro atoms. The predicted molar refractivity (Wildman–Crippen MR) is 145 cm³/mol. The maximum Gasteiger partial charge on any atom is 0.271 e. The minimum Gasteiger partial charge on any atom is -0.505 e. The minimum atomic E-state index is -1.10. The topological polar surface area (TPSA) is 86.0 Å². The number of alkyl halides is 1. The quantitative estimate of drug-likeness (QED) is 0.321. The number of nitrogens with one attached hydrogen (secondary N) is 1. The monoisotopic (exact) mass is 568 g/mol. The predicted octanol–water partition coefficient (Wildman–Crippen LogP) is 4.34. The van der Waals surface area contributed by atoms with Gasteiger partial charge in [0, 0.05) is 31.0 Å². The number of phenols is 1. The Morgan fingerprint density at radius 3 is 2.73 bits per heavy atom. The number of amides is 1. The van der Waals surface area contributed by atoms with E-state index in [1.807, 2.05) is 17.2 Å². The second-order valence-corrected chi connectivity index (χ2v) is 11.1. The summed E-state index contributed by atoms with van der Waals surface area (Å²) < 4.78 is 43.7. The molecule has 2 saturated heterocycles. The molecule has 2 fully saturated rings. The van der Waals surface area contributed by atoms with Gasteiger partial charge in [-0.15, -0.1) is 16.9 Å². The SMILES string of the molecule is CSc1cc(F)cc([C@H]2C[C@H](F)CN2c2ccc3ncc(C(=O)NC4CN(Cc5ccc(F)c(O)c5)C4)n3n2)c1. The maximum atomic E-state index is 14.7. The van der Waals surface area contributed by atoms with Crippen LogP contribution < -0.4 is 10.2 Å². The van der Waals surface area contributed by atoms with E-state index < -0.39 is 18.0 Å². The Kier molecular flexibility index (Phi) is 7.05. The molecule has 2 aliphatic rings. The molecule has 2 N–H and O–H groups in total. The van der Waals surface area contributed by atoms with Crippen LogP contribution in [-0.2, 0) is 6.54 Å². The highest BCUT2D eigenvalue weighted by Gasteiger charge is 2.35.